The van der Waals surface area contributed by atoms with Crippen molar-refractivity contribution in [3.05, 3.63) is 52.0 Å². The fourth-order valence-electron chi connectivity index (χ4n) is 1.69. The molecule has 1 N–H and O–H groups in total. The summed E-state index contributed by atoms with van der Waals surface area (Å²) in [6.45, 7) is 2.60. The number of hydrogen-bond donors (Lipinski definition) is 1. The molecule has 0 saturated carbocycles. The van der Waals surface area contributed by atoms with E-state index in [-0.39, 0.29) is 5.82 Å². The van der Waals surface area contributed by atoms with Crippen molar-refractivity contribution in [2.24, 2.45) is 0 Å². The third kappa shape index (κ3) is 2.40. The lowest BCUT2D eigenvalue weighted by molar-refractivity contribution is 0.207. The second kappa shape index (κ2) is 4.98. The van der Waals surface area contributed by atoms with Gasteiger partial charge in [0.15, 0.2) is 0 Å². The largest absolute Gasteiger partial charge is 0.382 e. The maximum atomic E-state index is 13.4. The number of aliphatic hydroxyl groups is 1. The number of aromatic nitrogens is 2. The van der Waals surface area contributed by atoms with E-state index in [9.17, 15) is 9.50 Å². The Labute approximate surface area is 107 Å². The second-order valence-electron chi connectivity index (χ2n) is 3.65. The van der Waals surface area contributed by atoms with E-state index in [1.165, 1.54) is 6.07 Å². The van der Waals surface area contributed by atoms with Crippen LogP contribution in [0.3, 0.4) is 0 Å². The minimum Gasteiger partial charge on any atom is -0.382 e. The highest BCUT2D eigenvalue weighted by Crippen LogP contribution is 2.25. The van der Waals surface area contributed by atoms with Gasteiger partial charge in [0.05, 0.1) is 10.2 Å². The lowest BCUT2D eigenvalue weighted by atomic mass is 10.1. The molecule has 0 amide bonds. The van der Waals surface area contributed by atoms with E-state index in [2.05, 4.69) is 21.0 Å². The van der Waals surface area contributed by atoms with Crippen LogP contribution in [0.4, 0.5) is 4.39 Å². The Hall–Kier alpha value is -1.20. The van der Waals surface area contributed by atoms with Gasteiger partial charge in [-0.2, -0.15) is 5.10 Å². The molecule has 0 saturated heterocycles. The van der Waals surface area contributed by atoms with E-state index >= 15 is 0 Å². The van der Waals surface area contributed by atoms with Crippen LogP contribution in [0.2, 0.25) is 0 Å². The molecule has 0 radical (unpaired) electrons. The topological polar surface area (TPSA) is 38.0 Å². The van der Waals surface area contributed by atoms with Crippen molar-refractivity contribution in [2.45, 2.75) is 19.6 Å². The van der Waals surface area contributed by atoms with Gasteiger partial charge in [0.2, 0.25) is 0 Å². The number of benzene rings is 1. The first-order chi connectivity index (χ1) is 8.13. The highest BCUT2D eigenvalue weighted by molar-refractivity contribution is 9.10. The van der Waals surface area contributed by atoms with Gasteiger partial charge in [-0.1, -0.05) is 6.07 Å². The van der Waals surface area contributed by atoms with Gasteiger partial charge < -0.3 is 5.11 Å². The summed E-state index contributed by atoms with van der Waals surface area (Å²) in [6, 6.07) is 6.32. The lowest BCUT2D eigenvalue weighted by Gasteiger charge is -2.13. The molecule has 0 aliphatic heterocycles. The zero-order valence-corrected chi connectivity index (χ0v) is 10.9. The van der Waals surface area contributed by atoms with Crippen molar-refractivity contribution in [3.8, 4) is 0 Å². The van der Waals surface area contributed by atoms with Crippen molar-refractivity contribution >= 4 is 15.9 Å². The maximum Gasteiger partial charge on any atom is 0.137 e. The first kappa shape index (κ1) is 12.3. The second-order valence-corrected chi connectivity index (χ2v) is 4.50. The summed E-state index contributed by atoms with van der Waals surface area (Å²) in [5.41, 5.74) is 1.18. The van der Waals surface area contributed by atoms with Crippen LogP contribution in [0.1, 0.15) is 24.3 Å². The molecule has 0 aliphatic rings. The predicted molar refractivity (Wildman–Crippen MR) is 66.1 cm³/mol. The molecule has 1 atom stereocenters. The van der Waals surface area contributed by atoms with E-state index in [1.54, 1.807) is 29.1 Å². The van der Waals surface area contributed by atoms with E-state index in [4.69, 9.17) is 0 Å². The Morgan fingerprint density at radius 3 is 2.88 bits per heavy atom. The van der Waals surface area contributed by atoms with Crippen LogP contribution in [0, 0.1) is 5.82 Å². The summed E-state index contributed by atoms with van der Waals surface area (Å²) in [4.78, 5) is 0. The van der Waals surface area contributed by atoms with Gasteiger partial charge in [0, 0.05) is 12.7 Å². The minimum absolute atomic E-state index is 0.385. The standard InChI is InChI=1S/C12H12BrFN2O/c1-2-16-11(5-6-15-16)12(17)8-3-4-9(13)10(14)7-8/h3-7,12,17H,2H2,1H3. The van der Waals surface area contributed by atoms with Gasteiger partial charge in [0.25, 0.3) is 0 Å². The Bertz CT molecular complexity index is 527. The Kier molecular flexibility index (Phi) is 3.59. The molecule has 0 spiro atoms. The predicted octanol–water partition coefficient (Wildman–Crippen LogP) is 2.89. The van der Waals surface area contributed by atoms with Crippen LogP contribution >= 0.6 is 15.9 Å². The normalized spacial score (nSPS) is 12.7. The summed E-state index contributed by atoms with van der Waals surface area (Å²) in [7, 11) is 0. The molecule has 1 aromatic heterocycles. The molecular weight excluding hydrogens is 287 g/mol. The zero-order valence-electron chi connectivity index (χ0n) is 9.27. The molecule has 0 bridgehead atoms. The number of halogens is 2. The lowest BCUT2D eigenvalue weighted by Crippen LogP contribution is -2.09. The van der Waals surface area contributed by atoms with E-state index < -0.39 is 6.10 Å². The molecule has 0 fully saturated rings. The van der Waals surface area contributed by atoms with Crippen LogP contribution in [0.15, 0.2) is 34.9 Å². The maximum absolute atomic E-state index is 13.4. The summed E-state index contributed by atoms with van der Waals surface area (Å²) in [5, 5.41) is 14.2. The average Bonchev–Trinajstić information content (AvgIpc) is 2.80. The summed E-state index contributed by atoms with van der Waals surface area (Å²) in [5.74, 6) is -0.385. The van der Waals surface area contributed by atoms with Gasteiger partial charge >= 0.3 is 0 Å². The SMILES string of the molecule is CCn1nccc1C(O)c1ccc(Br)c(F)c1. The van der Waals surface area contributed by atoms with E-state index in [1.807, 2.05) is 6.92 Å². The first-order valence-electron chi connectivity index (χ1n) is 5.28. The van der Waals surface area contributed by atoms with Crippen molar-refractivity contribution < 1.29 is 9.50 Å². The molecule has 1 unspecified atom stereocenters. The Morgan fingerprint density at radius 1 is 1.47 bits per heavy atom. The van der Waals surface area contributed by atoms with Gasteiger partial charge in [0.1, 0.15) is 11.9 Å². The number of aryl methyl sites for hydroxylation is 1. The van der Waals surface area contributed by atoms with E-state index in [0.29, 0.717) is 22.3 Å². The molecule has 90 valence electrons. The molecular formula is C12H12BrFN2O. The van der Waals surface area contributed by atoms with Crippen LogP contribution in [0.25, 0.3) is 0 Å². The average molecular weight is 299 g/mol. The van der Waals surface area contributed by atoms with Crippen LogP contribution in [-0.4, -0.2) is 14.9 Å². The summed E-state index contributed by atoms with van der Waals surface area (Å²) >= 11 is 3.08. The molecule has 1 aromatic carbocycles. The Morgan fingerprint density at radius 2 is 2.24 bits per heavy atom. The number of nitrogens with zero attached hydrogens (tertiary/aromatic N) is 2. The monoisotopic (exact) mass is 298 g/mol. The minimum atomic E-state index is -0.861. The van der Waals surface area contributed by atoms with Crippen molar-refractivity contribution in [1.82, 2.24) is 9.78 Å². The van der Waals surface area contributed by atoms with Crippen LogP contribution < -0.4 is 0 Å². The quantitative estimate of drug-likeness (QED) is 0.946. The van der Waals surface area contributed by atoms with Crippen LogP contribution in [-0.2, 0) is 6.54 Å². The molecule has 1 heterocycles. The van der Waals surface area contributed by atoms with Crippen molar-refractivity contribution in [1.29, 1.82) is 0 Å². The molecule has 3 nitrogen and oxygen atoms in total. The number of hydrogen-bond acceptors (Lipinski definition) is 2. The number of rotatable bonds is 3. The molecule has 2 aromatic rings. The van der Waals surface area contributed by atoms with Crippen LogP contribution in [0.5, 0.6) is 0 Å². The van der Waals surface area contributed by atoms with Crippen molar-refractivity contribution in [2.75, 3.05) is 0 Å². The fraction of sp³-hybridized carbons (Fsp3) is 0.250. The summed E-state index contributed by atoms with van der Waals surface area (Å²) < 4.78 is 15.5. The van der Waals surface area contributed by atoms with Crippen molar-refractivity contribution in [3.63, 3.8) is 0 Å². The smallest absolute Gasteiger partial charge is 0.137 e. The van der Waals surface area contributed by atoms with Gasteiger partial charge in [-0.05, 0) is 46.6 Å². The number of aliphatic hydroxyl groups excluding tert-OH is 1. The molecule has 5 heteroatoms. The highest BCUT2D eigenvalue weighted by atomic mass is 79.9. The molecule has 2 rings (SSSR count). The first-order valence-corrected chi connectivity index (χ1v) is 6.07. The van der Waals surface area contributed by atoms with Gasteiger partial charge in [-0.25, -0.2) is 4.39 Å². The molecule has 17 heavy (non-hydrogen) atoms. The van der Waals surface area contributed by atoms with Gasteiger partial charge in [-0.15, -0.1) is 0 Å². The molecule has 0 aliphatic carbocycles. The fourth-order valence-corrected chi connectivity index (χ4v) is 1.94. The highest BCUT2D eigenvalue weighted by Gasteiger charge is 2.16. The third-order valence-corrected chi connectivity index (χ3v) is 3.23. The zero-order chi connectivity index (χ0) is 12.4. The van der Waals surface area contributed by atoms with E-state index in [0.717, 1.165) is 0 Å². The Balaban J connectivity index is 2.36. The summed E-state index contributed by atoms with van der Waals surface area (Å²) in [6.07, 6.45) is 0.761. The van der Waals surface area contributed by atoms with Gasteiger partial charge in [-0.3, -0.25) is 4.68 Å². The third-order valence-electron chi connectivity index (χ3n) is 2.59.